The molecule has 0 bridgehead atoms. The third kappa shape index (κ3) is 4.04. The Hall–Kier alpha value is -2.47. The first-order valence-corrected chi connectivity index (χ1v) is 7.83. The van der Waals surface area contributed by atoms with Gasteiger partial charge in [0.2, 0.25) is 0 Å². The highest BCUT2D eigenvalue weighted by Gasteiger charge is 2.12. The average Bonchev–Trinajstić information content (AvgIpc) is 2.97. The van der Waals surface area contributed by atoms with Gasteiger partial charge < -0.3 is 9.47 Å². The predicted molar refractivity (Wildman–Crippen MR) is 92.7 cm³/mol. The summed E-state index contributed by atoms with van der Waals surface area (Å²) in [6.07, 6.45) is 6.89. The summed E-state index contributed by atoms with van der Waals surface area (Å²) in [5.74, 6) is 3.21. The summed E-state index contributed by atoms with van der Waals surface area (Å²) in [6.45, 7) is 1.97. The number of terminal acetylenes is 1. The number of halogens is 1. The zero-order valence-corrected chi connectivity index (χ0v) is 14.2. The highest BCUT2D eigenvalue weighted by atomic mass is 35.5. The minimum absolute atomic E-state index is 0.0904. The summed E-state index contributed by atoms with van der Waals surface area (Å²) in [5.41, 5.74) is 2.04. The molecule has 0 N–H and O–H groups in total. The molecule has 2 aromatic rings. The summed E-state index contributed by atoms with van der Waals surface area (Å²) in [6, 6.07) is 5.57. The third-order valence-corrected chi connectivity index (χ3v) is 4.11. The highest BCUT2D eigenvalue weighted by molar-refractivity contribution is 7.11. The van der Waals surface area contributed by atoms with Crippen molar-refractivity contribution in [3.8, 4) is 29.9 Å². The molecule has 0 radical (unpaired) electrons. The van der Waals surface area contributed by atoms with Crippen LogP contribution in [0.25, 0.3) is 11.6 Å². The van der Waals surface area contributed by atoms with E-state index in [1.54, 1.807) is 18.2 Å². The number of rotatable bonds is 5. The molecule has 6 heteroatoms. The number of nitriles is 1. The maximum absolute atomic E-state index is 9.35. The van der Waals surface area contributed by atoms with Crippen LogP contribution in [0.15, 0.2) is 17.5 Å². The maximum atomic E-state index is 9.35. The number of allylic oxidation sites excluding steroid dienone is 1. The fourth-order valence-electron chi connectivity index (χ4n) is 1.86. The molecule has 2 rings (SSSR count). The van der Waals surface area contributed by atoms with Crippen molar-refractivity contribution in [2.24, 2.45) is 0 Å². The van der Waals surface area contributed by atoms with Crippen LogP contribution in [-0.4, -0.2) is 18.7 Å². The quantitative estimate of drug-likeness (QED) is 0.603. The van der Waals surface area contributed by atoms with E-state index in [0.29, 0.717) is 32.7 Å². The van der Waals surface area contributed by atoms with Gasteiger partial charge in [-0.1, -0.05) is 17.5 Å². The van der Waals surface area contributed by atoms with Gasteiger partial charge >= 0.3 is 0 Å². The van der Waals surface area contributed by atoms with E-state index in [1.165, 1.54) is 18.4 Å². The van der Waals surface area contributed by atoms with Crippen LogP contribution in [0.1, 0.15) is 16.3 Å². The molecular formula is C17H13ClN2O2S. The van der Waals surface area contributed by atoms with Crippen molar-refractivity contribution >= 4 is 34.6 Å². The first-order valence-electron chi connectivity index (χ1n) is 6.57. The molecule has 0 saturated carbocycles. The lowest BCUT2D eigenvalue weighted by molar-refractivity contribution is 0.331. The lowest BCUT2D eigenvalue weighted by Crippen LogP contribution is -1.98. The van der Waals surface area contributed by atoms with Crippen LogP contribution in [0.4, 0.5) is 0 Å². The van der Waals surface area contributed by atoms with Gasteiger partial charge in [-0.2, -0.15) is 5.26 Å². The van der Waals surface area contributed by atoms with Gasteiger partial charge in [-0.3, -0.25) is 0 Å². The Morgan fingerprint density at radius 1 is 1.52 bits per heavy atom. The van der Waals surface area contributed by atoms with Crippen molar-refractivity contribution < 1.29 is 9.47 Å². The number of nitrogens with zero attached hydrogens (tertiary/aromatic N) is 2. The van der Waals surface area contributed by atoms with Crippen molar-refractivity contribution in [1.82, 2.24) is 4.98 Å². The molecule has 0 aliphatic heterocycles. The van der Waals surface area contributed by atoms with E-state index in [0.717, 1.165) is 5.69 Å². The van der Waals surface area contributed by atoms with Gasteiger partial charge in [0.1, 0.15) is 17.7 Å². The fourth-order valence-corrected chi connectivity index (χ4v) is 2.90. The average molecular weight is 345 g/mol. The highest BCUT2D eigenvalue weighted by Crippen LogP contribution is 2.37. The summed E-state index contributed by atoms with van der Waals surface area (Å²) in [4.78, 5) is 4.32. The Morgan fingerprint density at radius 2 is 2.30 bits per heavy atom. The molecule has 23 heavy (non-hydrogen) atoms. The fraction of sp³-hybridized carbons (Fsp3) is 0.176. The molecule has 0 spiro atoms. The number of hydrogen-bond donors (Lipinski definition) is 0. The lowest BCUT2D eigenvalue weighted by Gasteiger charge is -2.11. The van der Waals surface area contributed by atoms with Crippen molar-refractivity contribution in [1.29, 1.82) is 5.26 Å². The Balaban J connectivity index is 2.44. The van der Waals surface area contributed by atoms with Crippen LogP contribution in [0.2, 0.25) is 5.02 Å². The SMILES string of the molecule is C#CCOc1c(Cl)cc(/C=C(/C#N)c2nc(C)cs2)cc1OC. The molecule has 0 fully saturated rings. The van der Waals surface area contributed by atoms with Crippen molar-refractivity contribution in [3.63, 3.8) is 0 Å². The van der Waals surface area contributed by atoms with Crippen molar-refractivity contribution in [2.45, 2.75) is 6.92 Å². The van der Waals surface area contributed by atoms with E-state index in [9.17, 15) is 5.26 Å². The largest absolute Gasteiger partial charge is 0.493 e. The van der Waals surface area contributed by atoms with Crippen LogP contribution in [0, 0.1) is 30.6 Å². The monoisotopic (exact) mass is 344 g/mol. The molecule has 0 unspecified atom stereocenters. The summed E-state index contributed by atoms with van der Waals surface area (Å²) in [7, 11) is 1.51. The second-order valence-corrected chi connectivity index (χ2v) is 5.76. The Morgan fingerprint density at radius 3 is 2.87 bits per heavy atom. The van der Waals surface area contributed by atoms with Crippen LogP contribution in [-0.2, 0) is 0 Å². The second-order valence-electron chi connectivity index (χ2n) is 4.49. The molecule has 0 atom stereocenters. The molecule has 1 heterocycles. The molecule has 0 aliphatic rings. The Kier molecular flexibility index (Phi) is 5.65. The summed E-state index contributed by atoms with van der Waals surface area (Å²) >= 11 is 7.64. The molecule has 0 amide bonds. The van der Waals surface area contributed by atoms with Crippen LogP contribution < -0.4 is 9.47 Å². The first-order chi connectivity index (χ1) is 11.1. The number of ether oxygens (including phenoxy) is 2. The van der Waals surface area contributed by atoms with Crippen LogP contribution in [0.3, 0.4) is 0 Å². The number of hydrogen-bond acceptors (Lipinski definition) is 5. The summed E-state index contributed by atoms with van der Waals surface area (Å²) < 4.78 is 10.7. The number of thiazole rings is 1. The number of methoxy groups -OCH3 is 1. The first kappa shape index (κ1) is 16.9. The third-order valence-electron chi connectivity index (χ3n) is 2.83. The topological polar surface area (TPSA) is 55.1 Å². The van der Waals surface area contributed by atoms with Gasteiger partial charge in [0, 0.05) is 11.1 Å². The smallest absolute Gasteiger partial charge is 0.181 e. The number of benzene rings is 1. The molecule has 1 aromatic heterocycles. The predicted octanol–water partition coefficient (Wildman–Crippen LogP) is 4.19. The van der Waals surface area contributed by atoms with Crippen LogP contribution >= 0.6 is 22.9 Å². The van der Waals surface area contributed by atoms with Gasteiger partial charge in [0.25, 0.3) is 0 Å². The zero-order chi connectivity index (χ0) is 16.8. The Labute approximate surface area is 144 Å². The standard InChI is InChI=1S/C17H13ClN2O2S/c1-4-5-22-16-14(18)7-12(8-15(16)21-3)6-13(9-19)17-20-11(2)10-23-17/h1,6-8,10H,5H2,2-3H3/b13-6-. The molecular weight excluding hydrogens is 332 g/mol. The zero-order valence-electron chi connectivity index (χ0n) is 12.6. The normalized spacial score (nSPS) is 10.7. The van der Waals surface area contributed by atoms with E-state index in [2.05, 4.69) is 17.0 Å². The number of aromatic nitrogens is 1. The van der Waals surface area contributed by atoms with E-state index in [4.69, 9.17) is 27.5 Å². The second kappa shape index (κ2) is 7.69. The van der Waals surface area contributed by atoms with Gasteiger partial charge in [0.05, 0.1) is 17.7 Å². The molecule has 1 aromatic carbocycles. The Bertz CT molecular complexity index is 828. The van der Waals surface area contributed by atoms with Gasteiger partial charge in [0.15, 0.2) is 11.5 Å². The summed E-state index contributed by atoms with van der Waals surface area (Å²) in [5, 5.41) is 12.3. The van der Waals surface area contributed by atoms with E-state index in [-0.39, 0.29) is 6.61 Å². The molecule has 116 valence electrons. The van der Waals surface area contributed by atoms with Crippen LogP contribution in [0.5, 0.6) is 11.5 Å². The van der Waals surface area contributed by atoms with Gasteiger partial charge in [-0.25, -0.2) is 4.98 Å². The minimum atomic E-state index is 0.0904. The molecule has 0 aliphatic carbocycles. The van der Waals surface area contributed by atoms with Crippen molar-refractivity contribution in [3.05, 3.63) is 38.8 Å². The van der Waals surface area contributed by atoms with Gasteiger partial charge in [-0.05, 0) is 30.7 Å². The molecule has 4 nitrogen and oxygen atoms in total. The number of aryl methyl sites for hydroxylation is 1. The minimum Gasteiger partial charge on any atom is -0.493 e. The van der Waals surface area contributed by atoms with Gasteiger partial charge in [-0.15, -0.1) is 17.8 Å². The lowest BCUT2D eigenvalue weighted by atomic mass is 10.1. The maximum Gasteiger partial charge on any atom is 0.181 e. The van der Waals surface area contributed by atoms with E-state index in [1.807, 2.05) is 12.3 Å². The molecule has 0 saturated heterocycles. The van der Waals surface area contributed by atoms with E-state index < -0.39 is 0 Å². The van der Waals surface area contributed by atoms with Crippen molar-refractivity contribution in [2.75, 3.05) is 13.7 Å². The van der Waals surface area contributed by atoms with E-state index >= 15 is 0 Å².